The summed E-state index contributed by atoms with van der Waals surface area (Å²) in [5, 5.41) is 24.9. The van der Waals surface area contributed by atoms with Crippen LogP contribution in [0.4, 0.5) is 0 Å². The number of aromatic amines is 1. The topological polar surface area (TPSA) is 178 Å². The second-order valence-corrected chi connectivity index (χ2v) is 11.4. The zero-order chi connectivity index (χ0) is 27.2. The molecule has 13 nitrogen and oxygen atoms in total. The summed E-state index contributed by atoms with van der Waals surface area (Å²) in [6.07, 6.45) is -0.759. The minimum Gasteiger partial charge on any atom is -0.462 e. The summed E-state index contributed by atoms with van der Waals surface area (Å²) in [5.41, 5.74) is -6.91. The van der Waals surface area contributed by atoms with E-state index in [0.717, 1.165) is 16.8 Å². The van der Waals surface area contributed by atoms with Gasteiger partial charge in [-0.15, -0.1) is 0 Å². The fourth-order valence-corrected chi connectivity index (χ4v) is 5.89. The van der Waals surface area contributed by atoms with Gasteiger partial charge in [-0.1, -0.05) is 18.2 Å². The predicted molar refractivity (Wildman–Crippen MR) is 129 cm³/mol. The standard InChI is InChI=1S/C23H30N3O10P/c1-14(2)34-18(28)15(3)25-37(32,36-16-8-6-5-7-9-16)33-13-22-12-23(22,31)21(4,30)19(35-22)26-11-10-17(27)24-20(26)29/h5-11,14-15,19,30-31H,12-13H2,1-4H3,(H,25,32)(H,24,27,29). The zero-order valence-electron chi connectivity index (χ0n) is 20.7. The van der Waals surface area contributed by atoms with E-state index in [1.807, 2.05) is 0 Å². The first-order valence-corrected chi connectivity index (χ1v) is 13.2. The summed E-state index contributed by atoms with van der Waals surface area (Å²) in [4.78, 5) is 38.2. The summed E-state index contributed by atoms with van der Waals surface area (Å²) in [6.45, 7) is 5.52. The molecule has 6 atom stereocenters. The first kappa shape index (κ1) is 27.2. The Balaban J connectivity index is 1.57. The Kier molecular flexibility index (Phi) is 6.99. The highest BCUT2D eigenvalue weighted by molar-refractivity contribution is 7.52. The molecule has 6 unspecified atom stereocenters. The Morgan fingerprint density at radius 3 is 2.54 bits per heavy atom. The maximum atomic E-state index is 13.8. The number of esters is 1. The quantitative estimate of drug-likeness (QED) is 0.248. The molecule has 1 aliphatic heterocycles. The largest absolute Gasteiger partial charge is 0.462 e. The number of hydrogen-bond acceptors (Lipinski definition) is 10. The maximum Gasteiger partial charge on any atom is 0.459 e. The van der Waals surface area contributed by atoms with Gasteiger partial charge in [0.1, 0.15) is 28.6 Å². The number of rotatable bonds is 10. The number of benzene rings is 1. The molecular weight excluding hydrogens is 509 g/mol. The van der Waals surface area contributed by atoms with Crippen LogP contribution < -0.4 is 20.9 Å². The van der Waals surface area contributed by atoms with Crippen molar-refractivity contribution in [2.75, 3.05) is 6.61 Å². The highest BCUT2D eigenvalue weighted by Crippen LogP contribution is 2.67. The van der Waals surface area contributed by atoms with Crippen LogP contribution in [0.2, 0.25) is 0 Å². The van der Waals surface area contributed by atoms with Gasteiger partial charge >= 0.3 is 19.4 Å². The van der Waals surface area contributed by atoms with E-state index in [9.17, 15) is 29.2 Å². The van der Waals surface area contributed by atoms with Gasteiger partial charge in [0.05, 0.1) is 12.7 Å². The first-order chi connectivity index (χ1) is 17.2. The van der Waals surface area contributed by atoms with E-state index in [2.05, 4.69) is 10.1 Å². The fourth-order valence-electron chi connectivity index (χ4n) is 4.35. The first-order valence-electron chi connectivity index (χ1n) is 11.6. The molecule has 14 heteroatoms. The molecule has 1 saturated heterocycles. The van der Waals surface area contributed by atoms with Gasteiger partial charge in [0.2, 0.25) is 0 Å². The number of fused-ring (bicyclic) bond motifs is 1. The molecule has 37 heavy (non-hydrogen) atoms. The molecule has 4 rings (SSSR count). The van der Waals surface area contributed by atoms with E-state index in [-0.39, 0.29) is 12.2 Å². The minimum absolute atomic E-state index is 0.0993. The molecule has 2 fully saturated rings. The van der Waals surface area contributed by atoms with Crippen molar-refractivity contribution in [2.24, 2.45) is 0 Å². The van der Waals surface area contributed by atoms with E-state index >= 15 is 0 Å². The molecule has 1 aliphatic carbocycles. The third-order valence-electron chi connectivity index (χ3n) is 6.42. The maximum absolute atomic E-state index is 13.8. The number of ether oxygens (including phenoxy) is 2. The Labute approximate surface area is 211 Å². The Hall–Kier alpha value is -2.80. The van der Waals surface area contributed by atoms with Crippen molar-refractivity contribution >= 4 is 13.7 Å². The van der Waals surface area contributed by atoms with E-state index in [1.165, 1.54) is 26.0 Å². The summed E-state index contributed by atoms with van der Waals surface area (Å²) < 4.78 is 37.0. The number of para-hydroxylation sites is 1. The molecule has 4 N–H and O–H groups in total. The molecule has 0 spiro atoms. The van der Waals surface area contributed by atoms with Crippen LogP contribution in [0.5, 0.6) is 5.75 Å². The molecule has 0 amide bonds. The Morgan fingerprint density at radius 1 is 1.24 bits per heavy atom. The molecule has 2 aliphatic rings. The Bertz CT molecular complexity index is 1330. The van der Waals surface area contributed by atoms with Crippen molar-refractivity contribution in [1.29, 1.82) is 0 Å². The molecule has 0 radical (unpaired) electrons. The molecule has 2 aromatic rings. The molecule has 1 aromatic carbocycles. The normalized spacial score (nSPS) is 30.8. The highest BCUT2D eigenvalue weighted by Gasteiger charge is 2.84. The lowest BCUT2D eigenvalue weighted by Gasteiger charge is -2.31. The smallest absolute Gasteiger partial charge is 0.459 e. The molecule has 202 valence electrons. The molecule has 0 bridgehead atoms. The van der Waals surface area contributed by atoms with E-state index in [4.69, 9.17) is 18.5 Å². The monoisotopic (exact) mass is 539 g/mol. The number of carbonyl (C=O) groups is 1. The number of hydrogen-bond donors (Lipinski definition) is 4. The van der Waals surface area contributed by atoms with Crippen molar-refractivity contribution < 1.29 is 38.1 Å². The molecule has 1 saturated carbocycles. The zero-order valence-corrected chi connectivity index (χ0v) is 21.6. The molecule has 1 aromatic heterocycles. The number of aromatic nitrogens is 2. The van der Waals surface area contributed by atoms with Crippen molar-refractivity contribution in [3.8, 4) is 5.75 Å². The van der Waals surface area contributed by atoms with Crippen LogP contribution in [0.15, 0.2) is 52.2 Å². The predicted octanol–water partition coefficient (Wildman–Crippen LogP) is 0.823. The van der Waals surface area contributed by atoms with Gasteiger partial charge in [-0.2, -0.15) is 5.09 Å². The fraction of sp³-hybridized carbons (Fsp3) is 0.522. The second kappa shape index (κ2) is 9.50. The van der Waals surface area contributed by atoms with Gasteiger partial charge in [-0.25, -0.2) is 9.36 Å². The van der Waals surface area contributed by atoms with Crippen LogP contribution in [0.3, 0.4) is 0 Å². The van der Waals surface area contributed by atoms with Crippen molar-refractivity contribution in [1.82, 2.24) is 14.6 Å². The second-order valence-electron chi connectivity index (χ2n) is 9.68. The third kappa shape index (κ3) is 5.02. The summed E-state index contributed by atoms with van der Waals surface area (Å²) >= 11 is 0. The van der Waals surface area contributed by atoms with Crippen molar-refractivity contribution in [3.05, 3.63) is 63.4 Å². The third-order valence-corrected chi connectivity index (χ3v) is 8.05. The van der Waals surface area contributed by atoms with Crippen molar-refractivity contribution in [3.63, 3.8) is 0 Å². The average Bonchev–Trinajstić information content (AvgIpc) is 3.38. The molecular formula is C23H30N3O10P. The minimum atomic E-state index is -4.28. The van der Waals surface area contributed by atoms with Crippen LogP contribution in [-0.4, -0.2) is 61.3 Å². The van der Waals surface area contributed by atoms with Gasteiger partial charge in [-0.3, -0.25) is 23.7 Å². The van der Waals surface area contributed by atoms with Gasteiger partial charge in [0.15, 0.2) is 6.23 Å². The average molecular weight is 539 g/mol. The Morgan fingerprint density at radius 2 is 1.92 bits per heavy atom. The van der Waals surface area contributed by atoms with Crippen LogP contribution in [0.1, 0.15) is 40.3 Å². The van der Waals surface area contributed by atoms with Gasteiger partial charge in [-0.05, 0) is 39.8 Å². The number of H-pyrrole nitrogens is 1. The van der Waals surface area contributed by atoms with Crippen molar-refractivity contribution in [2.45, 2.75) is 69.3 Å². The van der Waals surface area contributed by atoms with E-state index in [0.29, 0.717) is 0 Å². The molecule has 2 heterocycles. The number of carbonyl (C=O) groups excluding carboxylic acids is 1. The summed E-state index contributed by atoms with van der Waals surface area (Å²) in [7, 11) is -4.28. The van der Waals surface area contributed by atoms with Crippen LogP contribution in [0, 0.1) is 0 Å². The summed E-state index contributed by atoms with van der Waals surface area (Å²) in [5.74, 6) is -0.502. The lowest BCUT2D eigenvalue weighted by Crippen LogP contribution is -2.49. The highest BCUT2D eigenvalue weighted by atomic mass is 31.2. The van der Waals surface area contributed by atoms with Gasteiger partial charge in [0.25, 0.3) is 5.56 Å². The van der Waals surface area contributed by atoms with Crippen LogP contribution in [-0.2, 0) is 23.4 Å². The lowest BCUT2D eigenvalue weighted by atomic mass is 9.94. The summed E-state index contributed by atoms with van der Waals surface area (Å²) in [6, 6.07) is 8.09. The number of nitrogens with zero attached hydrogens (tertiary/aromatic N) is 1. The van der Waals surface area contributed by atoms with Crippen LogP contribution in [0.25, 0.3) is 0 Å². The SMILES string of the molecule is CC(C)OC(=O)C(C)NP(=O)(OCC12CC1(O)C(C)(O)C(n1ccc(=O)[nH]c1=O)O2)Oc1ccccc1. The van der Waals surface area contributed by atoms with E-state index < -0.39 is 66.7 Å². The van der Waals surface area contributed by atoms with Crippen LogP contribution >= 0.6 is 7.75 Å². The lowest BCUT2D eigenvalue weighted by molar-refractivity contribution is -0.149. The van der Waals surface area contributed by atoms with Gasteiger partial charge in [0, 0.05) is 18.7 Å². The number of nitrogens with one attached hydrogen (secondary N) is 2. The van der Waals surface area contributed by atoms with E-state index in [1.54, 1.807) is 32.0 Å². The van der Waals surface area contributed by atoms with Gasteiger partial charge < -0.3 is 24.2 Å². The number of aliphatic hydroxyl groups is 2.